The Bertz CT molecular complexity index is 556. The number of nitrogens with zero attached hydrogens (tertiary/aromatic N) is 2. The van der Waals surface area contributed by atoms with Gasteiger partial charge in [0.2, 0.25) is 5.13 Å². The van der Waals surface area contributed by atoms with Gasteiger partial charge in [0.05, 0.1) is 12.6 Å². The van der Waals surface area contributed by atoms with Gasteiger partial charge in [-0.2, -0.15) is 0 Å². The van der Waals surface area contributed by atoms with Crippen LogP contribution in [0.2, 0.25) is 0 Å². The van der Waals surface area contributed by atoms with E-state index in [2.05, 4.69) is 29.4 Å². The van der Waals surface area contributed by atoms with Crippen molar-refractivity contribution in [2.24, 2.45) is 5.92 Å². The van der Waals surface area contributed by atoms with Crippen LogP contribution in [0.4, 0.5) is 9.52 Å². The predicted octanol–water partition coefficient (Wildman–Crippen LogP) is 3.09. The first kappa shape index (κ1) is 15.9. The Labute approximate surface area is 128 Å². The Kier molecular flexibility index (Phi) is 5.64. The molecule has 0 bridgehead atoms. The maximum atomic E-state index is 12.9. The SMILES string of the molecule is CC(C)CC(CO)Nc1nnc(Cc2ccc(F)cc2)s1. The molecule has 4 nitrogen and oxygen atoms in total. The fourth-order valence-electron chi connectivity index (χ4n) is 2.08. The normalized spacial score (nSPS) is 12.6. The number of halogens is 1. The lowest BCUT2D eigenvalue weighted by molar-refractivity contribution is 0.259. The summed E-state index contributed by atoms with van der Waals surface area (Å²) in [5.41, 5.74) is 1.000. The quantitative estimate of drug-likeness (QED) is 0.825. The first-order chi connectivity index (χ1) is 10.1. The summed E-state index contributed by atoms with van der Waals surface area (Å²) in [6.07, 6.45) is 1.51. The molecule has 2 aromatic rings. The van der Waals surface area contributed by atoms with E-state index in [0.29, 0.717) is 17.5 Å². The Morgan fingerprint density at radius 2 is 1.95 bits per heavy atom. The first-order valence-electron chi connectivity index (χ1n) is 7.01. The van der Waals surface area contributed by atoms with Crippen LogP contribution in [-0.4, -0.2) is 28.0 Å². The van der Waals surface area contributed by atoms with E-state index in [1.54, 1.807) is 12.1 Å². The number of aromatic nitrogens is 2. The van der Waals surface area contributed by atoms with Crippen LogP contribution in [-0.2, 0) is 6.42 Å². The monoisotopic (exact) mass is 309 g/mol. The topological polar surface area (TPSA) is 58.0 Å². The van der Waals surface area contributed by atoms with Crippen molar-refractivity contribution >= 4 is 16.5 Å². The molecule has 2 rings (SSSR count). The van der Waals surface area contributed by atoms with Crippen molar-refractivity contribution in [3.63, 3.8) is 0 Å². The van der Waals surface area contributed by atoms with Gasteiger partial charge in [0.15, 0.2) is 0 Å². The lowest BCUT2D eigenvalue weighted by Crippen LogP contribution is -2.25. The molecule has 0 saturated heterocycles. The minimum Gasteiger partial charge on any atom is -0.394 e. The van der Waals surface area contributed by atoms with E-state index in [1.807, 2.05) is 0 Å². The van der Waals surface area contributed by atoms with Gasteiger partial charge >= 0.3 is 0 Å². The second kappa shape index (κ2) is 7.47. The zero-order valence-corrected chi connectivity index (χ0v) is 13.0. The first-order valence-corrected chi connectivity index (χ1v) is 7.82. The average molecular weight is 309 g/mol. The van der Waals surface area contributed by atoms with Crippen LogP contribution in [0.1, 0.15) is 30.8 Å². The van der Waals surface area contributed by atoms with Crippen LogP contribution < -0.4 is 5.32 Å². The maximum Gasteiger partial charge on any atom is 0.205 e. The third kappa shape index (κ3) is 5.06. The Hall–Kier alpha value is -1.53. The van der Waals surface area contributed by atoms with E-state index in [4.69, 9.17) is 0 Å². The van der Waals surface area contributed by atoms with Crippen molar-refractivity contribution in [2.75, 3.05) is 11.9 Å². The fraction of sp³-hybridized carbons (Fsp3) is 0.467. The molecule has 0 aliphatic heterocycles. The Morgan fingerprint density at radius 3 is 2.57 bits per heavy atom. The highest BCUT2D eigenvalue weighted by Gasteiger charge is 2.12. The van der Waals surface area contributed by atoms with Gasteiger partial charge in [-0.3, -0.25) is 0 Å². The van der Waals surface area contributed by atoms with Crippen LogP contribution in [0, 0.1) is 11.7 Å². The molecule has 0 radical (unpaired) electrons. The van der Waals surface area contributed by atoms with E-state index >= 15 is 0 Å². The molecule has 0 spiro atoms. The molecular formula is C15H20FN3OS. The molecule has 0 saturated carbocycles. The van der Waals surface area contributed by atoms with E-state index in [9.17, 15) is 9.50 Å². The molecule has 114 valence electrons. The van der Waals surface area contributed by atoms with Crippen LogP contribution in [0.5, 0.6) is 0 Å². The lowest BCUT2D eigenvalue weighted by Gasteiger charge is -2.16. The predicted molar refractivity (Wildman–Crippen MR) is 83.1 cm³/mol. The Morgan fingerprint density at radius 1 is 1.24 bits per heavy atom. The molecule has 0 fully saturated rings. The van der Waals surface area contributed by atoms with Crippen molar-refractivity contribution in [3.05, 3.63) is 40.7 Å². The number of rotatable bonds is 7. The van der Waals surface area contributed by atoms with Gasteiger partial charge in [-0.25, -0.2) is 4.39 Å². The van der Waals surface area contributed by atoms with Crippen LogP contribution in [0.3, 0.4) is 0 Å². The zero-order chi connectivity index (χ0) is 15.2. The standard InChI is InChI=1S/C15H20FN3OS/c1-10(2)7-13(9-20)17-15-19-18-14(21-15)8-11-3-5-12(16)6-4-11/h3-6,10,13,20H,7-9H2,1-2H3,(H,17,19). The molecular weight excluding hydrogens is 289 g/mol. The highest BCUT2D eigenvalue weighted by atomic mass is 32.1. The summed E-state index contributed by atoms with van der Waals surface area (Å²) in [4.78, 5) is 0. The summed E-state index contributed by atoms with van der Waals surface area (Å²) in [6, 6.07) is 6.38. The average Bonchev–Trinajstić information content (AvgIpc) is 2.87. The molecule has 1 aromatic heterocycles. The summed E-state index contributed by atoms with van der Waals surface area (Å²) in [5, 5.41) is 22.4. The molecule has 1 heterocycles. The smallest absolute Gasteiger partial charge is 0.205 e. The summed E-state index contributed by atoms with van der Waals surface area (Å²) >= 11 is 1.46. The van der Waals surface area contributed by atoms with Crippen molar-refractivity contribution in [1.82, 2.24) is 10.2 Å². The third-order valence-electron chi connectivity index (χ3n) is 3.04. The van der Waals surface area contributed by atoms with Crippen LogP contribution >= 0.6 is 11.3 Å². The van der Waals surface area contributed by atoms with E-state index < -0.39 is 0 Å². The van der Waals surface area contributed by atoms with Crippen LogP contribution in [0.25, 0.3) is 0 Å². The van der Waals surface area contributed by atoms with Gasteiger partial charge in [-0.05, 0) is 30.0 Å². The number of hydrogen-bond donors (Lipinski definition) is 2. The molecule has 0 amide bonds. The van der Waals surface area contributed by atoms with E-state index in [1.165, 1.54) is 23.5 Å². The van der Waals surface area contributed by atoms with Gasteiger partial charge in [-0.1, -0.05) is 37.3 Å². The second-order valence-corrected chi connectivity index (χ2v) is 6.52. The summed E-state index contributed by atoms with van der Waals surface area (Å²) in [5.74, 6) is 0.263. The minimum absolute atomic E-state index is 0.00313. The van der Waals surface area contributed by atoms with Crippen LogP contribution in [0.15, 0.2) is 24.3 Å². The van der Waals surface area contributed by atoms with Gasteiger partial charge < -0.3 is 10.4 Å². The van der Waals surface area contributed by atoms with E-state index in [-0.39, 0.29) is 18.5 Å². The van der Waals surface area contributed by atoms with Crippen molar-refractivity contribution in [1.29, 1.82) is 0 Å². The van der Waals surface area contributed by atoms with Gasteiger partial charge in [0.1, 0.15) is 10.8 Å². The van der Waals surface area contributed by atoms with Crippen molar-refractivity contribution in [3.8, 4) is 0 Å². The highest BCUT2D eigenvalue weighted by Crippen LogP contribution is 2.20. The number of hydrogen-bond acceptors (Lipinski definition) is 5. The molecule has 1 unspecified atom stereocenters. The Balaban J connectivity index is 1.95. The highest BCUT2D eigenvalue weighted by molar-refractivity contribution is 7.15. The number of aliphatic hydroxyl groups is 1. The second-order valence-electron chi connectivity index (χ2n) is 5.46. The number of benzene rings is 1. The molecule has 1 atom stereocenters. The lowest BCUT2D eigenvalue weighted by atomic mass is 10.1. The minimum atomic E-state index is -0.238. The molecule has 6 heteroatoms. The fourth-order valence-corrected chi connectivity index (χ4v) is 2.93. The summed E-state index contributed by atoms with van der Waals surface area (Å²) in [7, 11) is 0. The van der Waals surface area contributed by atoms with E-state index in [0.717, 1.165) is 17.0 Å². The molecule has 1 aromatic carbocycles. The van der Waals surface area contributed by atoms with Gasteiger partial charge in [0, 0.05) is 6.42 Å². The zero-order valence-electron chi connectivity index (χ0n) is 12.2. The van der Waals surface area contributed by atoms with Gasteiger partial charge in [0.25, 0.3) is 0 Å². The molecule has 0 aliphatic rings. The molecule has 2 N–H and O–H groups in total. The third-order valence-corrected chi connectivity index (χ3v) is 3.89. The summed E-state index contributed by atoms with van der Waals surface area (Å²) in [6.45, 7) is 4.31. The summed E-state index contributed by atoms with van der Waals surface area (Å²) < 4.78 is 12.9. The molecule has 21 heavy (non-hydrogen) atoms. The van der Waals surface area contributed by atoms with Crippen molar-refractivity contribution < 1.29 is 9.50 Å². The number of aliphatic hydroxyl groups excluding tert-OH is 1. The van der Waals surface area contributed by atoms with Gasteiger partial charge in [-0.15, -0.1) is 10.2 Å². The maximum absolute atomic E-state index is 12.9. The van der Waals surface area contributed by atoms with Crippen molar-refractivity contribution in [2.45, 2.75) is 32.7 Å². The number of nitrogens with one attached hydrogen (secondary N) is 1. The largest absolute Gasteiger partial charge is 0.394 e. The molecule has 0 aliphatic carbocycles. The number of anilines is 1.